The van der Waals surface area contributed by atoms with E-state index in [2.05, 4.69) is 10.4 Å². The van der Waals surface area contributed by atoms with E-state index in [4.69, 9.17) is 16.3 Å². The van der Waals surface area contributed by atoms with E-state index in [0.717, 1.165) is 42.5 Å². The summed E-state index contributed by atoms with van der Waals surface area (Å²) < 4.78 is 7.32. The molecular weight excluding hydrogens is 250 g/mol. The van der Waals surface area contributed by atoms with Crippen molar-refractivity contribution in [3.8, 4) is 0 Å². The fourth-order valence-corrected chi connectivity index (χ4v) is 2.96. The highest BCUT2D eigenvalue weighted by Crippen LogP contribution is 2.25. The molecule has 1 fully saturated rings. The Balaban J connectivity index is 2.09. The summed E-state index contributed by atoms with van der Waals surface area (Å²) in [7, 11) is 3.90. The summed E-state index contributed by atoms with van der Waals surface area (Å²) in [6.45, 7) is 3.77. The summed E-state index contributed by atoms with van der Waals surface area (Å²) in [4.78, 5) is 0. The van der Waals surface area contributed by atoms with Crippen LogP contribution in [0.3, 0.4) is 0 Å². The quantitative estimate of drug-likeness (QED) is 0.910. The zero-order valence-electron chi connectivity index (χ0n) is 11.4. The average molecular weight is 272 g/mol. The summed E-state index contributed by atoms with van der Waals surface area (Å²) >= 11 is 6.30. The summed E-state index contributed by atoms with van der Waals surface area (Å²) in [5, 5.41) is 8.53. The SMILES string of the molecule is CNC(Cc1c(C)nn(C)c1Cl)C1CCCOC1. The molecule has 18 heavy (non-hydrogen) atoms. The minimum absolute atomic E-state index is 0.408. The van der Waals surface area contributed by atoms with Crippen LogP contribution in [0.1, 0.15) is 24.1 Å². The lowest BCUT2D eigenvalue weighted by molar-refractivity contribution is 0.0405. The van der Waals surface area contributed by atoms with Gasteiger partial charge in [0.1, 0.15) is 5.15 Å². The summed E-state index contributed by atoms with van der Waals surface area (Å²) in [5.41, 5.74) is 2.18. The molecule has 0 aromatic carbocycles. The van der Waals surface area contributed by atoms with Gasteiger partial charge in [-0.05, 0) is 39.2 Å². The monoisotopic (exact) mass is 271 g/mol. The molecule has 1 N–H and O–H groups in total. The number of likely N-dealkylation sites (N-methyl/N-ethyl adjacent to an activating group) is 1. The molecule has 0 bridgehead atoms. The minimum Gasteiger partial charge on any atom is -0.381 e. The first-order valence-electron chi connectivity index (χ1n) is 6.56. The molecule has 0 aliphatic carbocycles. The lowest BCUT2D eigenvalue weighted by atomic mass is 9.89. The van der Waals surface area contributed by atoms with Gasteiger partial charge in [0.05, 0.1) is 12.3 Å². The van der Waals surface area contributed by atoms with Crippen LogP contribution in [0.4, 0.5) is 0 Å². The van der Waals surface area contributed by atoms with Gasteiger partial charge in [-0.1, -0.05) is 11.6 Å². The largest absolute Gasteiger partial charge is 0.381 e. The van der Waals surface area contributed by atoms with E-state index >= 15 is 0 Å². The molecule has 1 aliphatic heterocycles. The first-order chi connectivity index (χ1) is 8.63. The second-order valence-corrected chi connectivity index (χ2v) is 5.41. The second kappa shape index (κ2) is 6.04. The smallest absolute Gasteiger partial charge is 0.130 e. The van der Waals surface area contributed by atoms with Crippen LogP contribution in [0.5, 0.6) is 0 Å². The van der Waals surface area contributed by atoms with Crippen molar-refractivity contribution in [3.63, 3.8) is 0 Å². The minimum atomic E-state index is 0.408. The molecule has 2 rings (SSSR count). The van der Waals surface area contributed by atoms with Crippen molar-refractivity contribution in [2.75, 3.05) is 20.3 Å². The number of aromatic nitrogens is 2. The van der Waals surface area contributed by atoms with Crippen LogP contribution in [-0.4, -0.2) is 36.1 Å². The van der Waals surface area contributed by atoms with Crippen LogP contribution >= 0.6 is 11.6 Å². The molecule has 0 amide bonds. The highest BCUT2D eigenvalue weighted by Gasteiger charge is 2.25. The molecule has 0 saturated carbocycles. The molecule has 1 aromatic rings. The van der Waals surface area contributed by atoms with Crippen LogP contribution in [0, 0.1) is 12.8 Å². The Kier molecular flexibility index (Phi) is 4.65. The fourth-order valence-electron chi connectivity index (χ4n) is 2.71. The number of hydrogen-bond acceptors (Lipinski definition) is 3. The number of aryl methyl sites for hydroxylation is 2. The van der Waals surface area contributed by atoms with Gasteiger partial charge in [0.15, 0.2) is 0 Å². The zero-order chi connectivity index (χ0) is 13.1. The van der Waals surface area contributed by atoms with Crippen LogP contribution in [-0.2, 0) is 18.2 Å². The van der Waals surface area contributed by atoms with E-state index < -0.39 is 0 Å². The maximum absolute atomic E-state index is 6.30. The van der Waals surface area contributed by atoms with Crippen molar-refractivity contribution in [2.45, 2.75) is 32.2 Å². The molecule has 4 nitrogen and oxygen atoms in total. The van der Waals surface area contributed by atoms with Crippen LogP contribution in [0.2, 0.25) is 5.15 Å². The van der Waals surface area contributed by atoms with E-state index in [9.17, 15) is 0 Å². The molecule has 0 spiro atoms. The maximum atomic E-state index is 6.30. The van der Waals surface area contributed by atoms with Crippen molar-refractivity contribution < 1.29 is 4.74 Å². The Morgan fingerprint density at radius 1 is 1.61 bits per heavy atom. The van der Waals surface area contributed by atoms with E-state index in [-0.39, 0.29) is 0 Å². The van der Waals surface area contributed by atoms with Crippen LogP contribution in [0.15, 0.2) is 0 Å². The molecule has 2 heterocycles. The number of ether oxygens (including phenoxy) is 1. The Morgan fingerprint density at radius 3 is 2.89 bits per heavy atom. The number of nitrogens with one attached hydrogen (secondary N) is 1. The number of hydrogen-bond donors (Lipinski definition) is 1. The Bertz CT molecular complexity index is 399. The highest BCUT2D eigenvalue weighted by atomic mass is 35.5. The van der Waals surface area contributed by atoms with Gasteiger partial charge in [-0.25, -0.2) is 0 Å². The van der Waals surface area contributed by atoms with Gasteiger partial charge in [0, 0.05) is 25.3 Å². The Morgan fingerprint density at radius 2 is 2.39 bits per heavy atom. The standard InChI is InChI=1S/C13H22ClN3O/c1-9-11(13(14)17(3)16-9)7-12(15-2)10-5-4-6-18-8-10/h10,12,15H,4-8H2,1-3H3. The Labute approximate surface area is 114 Å². The van der Waals surface area contributed by atoms with E-state index in [0.29, 0.717) is 12.0 Å². The summed E-state index contributed by atoms with van der Waals surface area (Å²) in [5.74, 6) is 0.569. The molecular formula is C13H22ClN3O. The zero-order valence-corrected chi connectivity index (χ0v) is 12.1. The predicted molar refractivity (Wildman–Crippen MR) is 73.0 cm³/mol. The molecule has 1 aromatic heterocycles. The topological polar surface area (TPSA) is 39.1 Å². The molecule has 5 heteroatoms. The van der Waals surface area contributed by atoms with Crippen molar-refractivity contribution in [2.24, 2.45) is 13.0 Å². The number of nitrogens with zero attached hydrogens (tertiary/aromatic N) is 2. The first kappa shape index (κ1) is 13.8. The summed E-state index contributed by atoms with van der Waals surface area (Å²) in [6, 6.07) is 0.408. The third-order valence-electron chi connectivity index (χ3n) is 3.83. The normalized spacial score (nSPS) is 22.1. The molecule has 1 aliphatic rings. The highest BCUT2D eigenvalue weighted by molar-refractivity contribution is 6.30. The molecule has 102 valence electrons. The molecule has 0 radical (unpaired) electrons. The van der Waals surface area contributed by atoms with Gasteiger partial charge in [-0.15, -0.1) is 0 Å². The van der Waals surface area contributed by atoms with Gasteiger partial charge < -0.3 is 10.1 Å². The molecule has 2 unspecified atom stereocenters. The van der Waals surface area contributed by atoms with Gasteiger partial charge in [-0.2, -0.15) is 5.10 Å². The van der Waals surface area contributed by atoms with E-state index in [1.54, 1.807) is 4.68 Å². The Hall–Kier alpha value is -0.580. The third-order valence-corrected chi connectivity index (χ3v) is 4.30. The third kappa shape index (κ3) is 2.87. The number of halogens is 1. The van der Waals surface area contributed by atoms with E-state index in [1.165, 1.54) is 6.42 Å². The van der Waals surface area contributed by atoms with Gasteiger partial charge in [-0.3, -0.25) is 4.68 Å². The fraction of sp³-hybridized carbons (Fsp3) is 0.769. The average Bonchev–Trinajstić information content (AvgIpc) is 2.62. The predicted octanol–water partition coefficient (Wildman–Crippen LogP) is 1.94. The summed E-state index contributed by atoms with van der Waals surface area (Å²) in [6.07, 6.45) is 3.30. The lowest BCUT2D eigenvalue weighted by Crippen LogP contribution is -2.40. The van der Waals surface area contributed by atoms with Crippen molar-refractivity contribution in [3.05, 3.63) is 16.4 Å². The number of rotatable bonds is 4. The second-order valence-electron chi connectivity index (χ2n) is 5.05. The first-order valence-corrected chi connectivity index (χ1v) is 6.94. The van der Waals surface area contributed by atoms with Crippen LogP contribution < -0.4 is 5.32 Å². The van der Waals surface area contributed by atoms with Gasteiger partial charge >= 0.3 is 0 Å². The van der Waals surface area contributed by atoms with Gasteiger partial charge in [0.25, 0.3) is 0 Å². The molecule has 2 atom stereocenters. The maximum Gasteiger partial charge on any atom is 0.130 e. The lowest BCUT2D eigenvalue weighted by Gasteiger charge is -2.30. The van der Waals surface area contributed by atoms with Gasteiger partial charge in [0.2, 0.25) is 0 Å². The van der Waals surface area contributed by atoms with Crippen molar-refractivity contribution in [1.29, 1.82) is 0 Å². The van der Waals surface area contributed by atoms with Crippen LogP contribution in [0.25, 0.3) is 0 Å². The van der Waals surface area contributed by atoms with Crippen molar-refractivity contribution >= 4 is 11.6 Å². The van der Waals surface area contributed by atoms with E-state index in [1.807, 2.05) is 21.0 Å². The van der Waals surface area contributed by atoms with Crippen molar-refractivity contribution in [1.82, 2.24) is 15.1 Å². The molecule has 1 saturated heterocycles.